The summed E-state index contributed by atoms with van der Waals surface area (Å²) in [5.41, 5.74) is 1.22. The van der Waals surface area contributed by atoms with E-state index in [0.29, 0.717) is 19.8 Å². The maximum absolute atomic E-state index is 8.45. The molecule has 0 saturated carbocycles. The minimum absolute atomic E-state index is 0.0601. The van der Waals surface area contributed by atoms with Crippen LogP contribution in [-0.2, 0) is 4.74 Å². The second kappa shape index (κ2) is 6.40. The number of aryl methyl sites for hydroxylation is 1. The van der Waals surface area contributed by atoms with Crippen molar-refractivity contribution in [1.29, 1.82) is 0 Å². The van der Waals surface area contributed by atoms with Crippen LogP contribution in [-0.4, -0.2) is 31.5 Å². The van der Waals surface area contributed by atoms with Crippen LogP contribution in [0.25, 0.3) is 0 Å². The third-order valence-electron chi connectivity index (χ3n) is 1.75. The predicted octanol–water partition coefficient (Wildman–Crippen LogP) is 1.38. The molecule has 0 aliphatic heterocycles. The van der Waals surface area contributed by atoms with Crippen LogP contribution in [0.5, 0.6) is 5.75 Å². The van der Waals surface area contributed by atoms with E-state index in [1.807, 2.05) is 31.2 Å². The van der Waals surface area contributed by atoms with Crippen molar-refractivity contribution in [3.05, 3.63) is 29.8 Å². The summed E-state index contributed by atoms with van der Waals surface area (Å²) in [6.45, 7) is 3.49. The van der Waals surface area contributed by atoms with Crippen LogP contribution in [0, 0.1) is 6.92 Å². The standard InChI is InChI=1S/C11H16O3/c1-10-2-4-11(5-3-10)14-9-8-13-7-6-12/h2-5,12H,6-9H2,1H3. The van der Waals surface area contributed by atoms with Gasteiger partial charge in [0.1, 0.15) is 12.4 Å². The number of hydrogen-bond donors (Lipinski definition) is 1. The first kappa shape index (κ1) is 11.0. The topological polar surface area (TPSA) is 38.7 Å². The van der Waals surface area contributed by atoms with Crippen LogP contribution in [0.3, 0.4) is 0 Å². The molecule has 0 aromatic heterocycles. The van der Waals surface area contributed by atoms with E-state index >= 15 is 0 Å². The average molecular weight is 196 g/mol. The lowest BCUT2D eigenvalue weighted by molar-refractivity contribution is 0.0705. The largest absolute Gasteiger partial charge is 0.491 e. The molecule has 0 unspecified atom stereocenters. The summed E-state index contributed by atoms with van der Waals surface area (Å²) in [6, 6.07) is 7.87. The van der Waals surface area contributed by atoms with Crippen molar-refractivity contribution in [2.45, 2.75) is 6.92 Å². The zero-order chi connectivity index (χ0) is 10.2. The Morgan fingerprint density at radius 2 is 1.79 bits per heavy atom. The molecule has 1 N–H and O–H groups in total. The van der Waals surface area contributed by atoms with E-state index < -0.39 is 0 Å². The molecule has 0 heterocycles. The third kappa shape index (κ3) is 4.25. The molecule has 0 aliphatic rings. The molecule has 0 amide bonds. The average Bonchev–Trinajstić information content (AvgIpc) is 2.21. The van der Waals surface area contributed by atoms with Gasteiger partial charge in [-0.25, -0.2) is 0 Å². The molecule has 0 bridgehead atoms. The van der Waals surface area contributed by atoms with Gasteiger partial charge in [-0.1, -0.05) is 17.7 Å². The van der Waals surface area contributed by atoms with Crippen molar-refractivity contribution in [1.82, 2.24) is 0 Å². The first-order valence-corrected chi connectivity index (χ1v) is 4.71. The Labute approximate surface area is 84.3 Å². The number of benzene rings is 1. The SMILES string of the molecule is Cc1ccc(OCCOCCO)cc1. The van der Waals surface area contributed by atoms with Crippen LogP contribution in [0.15, 0.2) is 24.3 Å². The third-order valence-corrected chi connectivity index (χ3v) is 1.75. The van der Waals surface area contributed by atoms with Gasteiger partial charge in [-0.3, -0.25) is 0 Å². The van der Waals surface area contributed by atoms with Gasteiger partial charge in [0, 0.05) is 0 Å². The number of ether oxygens (including phenoxy) is 2. The fourth-order valence-electron chi connectivity index (χ4n) is 1.02. The Kier molecular flexibility index (Phi) is 5.04. The molecule has 0 aliphatic carbocycles. The molecular formula is C11H16O3. The van der Waals surface area contributed by atoms with E-state index in [4.69, 9.17) is 14.6 Å². The van der Waals surface area contributed by atoms with Crippen molar-refractivity contribution in [2.24, 2.45) is 0 Å². The van der Waals surface area contributed by atoms with Crippen LogP contribution < -0.4 is 4.74 Å². The summed E-state index contributed by atoms with van der Waals surface area (Å²) in [7, 11) is 0. The summed E-state index contributed by atoms with van der Waals surface area (Å²) >= 11 is 0. The normalized spacial score (nSPS) is 10.1. The molecule has 0 atom stereocenters. The maximum atomic E-state index is 8.45. The minimum atomic E-state index is 0.0601. The Hall–Kier alpha value is -1.06. The number of rotatable bonds is 6. The van der Waals surface area contributed by atoms with E-state index in [2.05, 4.69) is 0 Å². The first-order chi connectivity index (χ1) is 6.83. The molecule has 1 rings (SSSR count). The van der Waals surface area contributed by atoms with E-state index in [1.165, 1.54) is 5.56 Å². The zero-order valence-electron chi connectivity index (χ0n) is 8.40. The van der Waals surface area contributed by atoms with Crippen molar-refractivity contribution in [2.75, 3.05) is 26.4 Å². The highest BCUT2D eigenvalue weighted by molar-refractivity contribution is 5.26. The molecule has 78 valence electrons. The Bertz CT molecular complexity index is 243. The van der Waals surface area contributed by atoms with Gasteiger partial charge in [-0.2, -0.15) is 0 Å². The van der Waals surface area contributed by atoms with Gasteiger partial charge in [0.2, 0.25) is 0 Å². The maximum Gasteiger partial charge on any atom is 0.119 e. The fraction of sp³-hybridized carbons (Fsp3) is 0.455. The quantitative estimate of drug-likeness (QED) is 0.699. The summed E-state index contributed by atoms with van der Waals surface area (Å²) in [4.78, 5) is 0. The lowest BCUT2D eigenvalue weighted by Crippen LogP contribution is -2.08. The lowest BCUT2D eigenvalue weighted by Gasteiger charge is -2.06. The van der Waals surface area contributed by atoms with Crippen molar-refractivity contribution >= 4 is 0 Å². The van der Waals surface area contributed by atoms with Crippen LogP contribution in [0.2, 0.25) is 0 Å². The van der Waals surface area contributed by atoms with Crippen molar-refractivity contribution < 1.29 is 14.6 Å². The molecule has 0 spiro atoms. The summed E-state index contributed by atoms with van der Waals surface area (Å²) in [6.07, 6.45) is 0. The van der Waals surface area contributed by atoms with Gasteiger partial charge in [-0.15, -0.1) is 0 Å². The van der Waals surface area contributed by atoms with E-state index in [1.54, 1.807) is 0 Å². The second-order valence-corrected chi connectivity index (χ2v) is 3.00. The van der Waals surface area contributed by atoms with E-state index in [0.717, 1.165) is 5.75 Å². The molecule has 0 radical (unpaired) electrons. The summed E-state index contributed by atoms with van der Waals surface area (Å²) < 4.78 is 10.5. The predicted molar refractivity (Wildman–Crippen MR) is 54.6 cm³/mol. The van der Waals surface area contributed by atoms with Gasteiger partial charge >= 0.3 is 0 Å². The minimum Gasteiger partial charge on any atom is -0.491 e. The smallest absolute Gasteiger partial charge is 0.119 e. The number of aliphatic hydroxyl groups is 1. The molecule has 1 aromatic rings. The molecule has 0 fully saturated rings. The Balaban J connectivity index is 2.15. The Morgan fingerprint density at radius 3 is 2.43 bits per heavy atom. The first-order valence-electron chi connectivity index (χ1n) is 4.71. The molecule has 1 aromatic carbocycles. The van der Waals surface area contributed by atoms with Crippen molar-refractivity contribution in [3.8, 4) is 5.75 Å². The van der Waals surface area contributed by atoms with Gasteiger partial charge in [0.05, 0.1) is 19.8 Å². The molecular weight excluding hydrogens is 180 g/mol. The summed E-state index contributed by atoms with van der Waals surface area (Å²) in [5.74, 6) is 0.850. The highest BCUT2D eigenvalue weighted by atomic mass is 16.5. The van der Waals surface area contributed by atoms with Gasteiger partial charge in [0.15, 0.2) is 0 Å². The van der Waals surface area contributed by atoms with E-state index in [-0.39, 0.29) is 6.61 Å². The van der Waals surface area contributed by atoms with Crippen LogP contribution >= 0.6 is 0 Å². The van der Waals surface area contributed by atoms with Crippen LogP contribution in [0.1, 0.15) is 5.56 Å². The molecule has 3 heteroatoms. The monoisotopic (exact) mass is 196 g/mol. The highest BCUT2D eigenvalue weighted by Crippen LogP contribution is 2.10. The van der Waals surface area contributed by atoms with Gasteiger partial charge < -0.3 is 14.6 Å². The van der Waals surface area contributed by atoms with Gasteiger partial charge in [0.25, 0.3) is 0 Å². The van der Waals surface area contributed by atoms with E-state index in [9.17, 15) is 0 Å². The fourth-order valence-corrected chi connectivity index (χ4v) is 1.02. The van der Waals surface area contributed by atoms with Crippen molar-refractivity contribution in [3.63, 3.8) is 0 Å². The van der Waals surface area contributed by atoms with Crippen LogP contribution in [0.4, 0.5) is 0 Å². The molecule has 0 saturated heterocycles. The number of aliphatic hydroxyl groups excluding tert-OH is 1. The van der Waals surface area contributed by atoms with Gasteiger partial charge in [-0.05, 0) is 19.1 Å². The summed E-state index contributed by atoms with van der Waals surface area (Å²) in [5, 5.41) is 8.45. The number of hydrogen-bond acceptors (Lipinski definition) is 3. The Morgan fingerprint density at radius 1 is 1.07 bits per heavy atom. The zero-order valence-corrected chi connectivity index (χ0v) is 8.40. The molecule has 3 nitrogen and oxygen atoms in total. The highest BCUT2D eigenvalue weighted by Gasteiger charge is 1.92. The molecule has 14 heavy (non-hydrogen) atoms. The second-order valence-electron chi connectivity index (χ2n) is 3.00. The lowest BCUT2D eigenvalue weighted by atomic mass is 10.2.